The number of alkyl halides is 1. The maximum atomic E-state index is 5.80. The summed E-state index contributed by atoms with van der Waals surface area (Å²) in [6.45, 7) is 4.45. The Bertz CT molecular complexity index is 369. The fourth-order valence-electron chi connectivity index (χ4n) is 2.33. The summed E-state index contributed by atoms with van der Waals surface area (Å²) in [6, 6.07) is 8.80. The van der Waals surface area contributed by atoms with Gasteiger partial charge in [-0.1, -0.05) is 25.1 Å². The molecule has 18 heavy (non-hydrogen) atoms. The minimum Gasteiger partial charge on any atom is -0.316 e. The predicted molar refractivity (Wildman–Crippen MR) is 81.9 cm³/mol. The van der Waals surface area contributed by atoms with E-state index in [1.54, 1.807) is 0 Å². The Kier molecular flexibility index (Phi) is 5.87. The molecule has 1 heterocycles. The second-order valence-electron chi connectivity index (χ2n) is 5.15. The summed E-state index contributed by atoms with van der Waals surface area (Å²) in [4.78, 5) is 1.47. The normalized spacial score (nSPS) is 19.8. The number of fused-ring (bicyclic) bond motifs is 1. The zero-order valence-electron chi connectivity index (χ0n) is 11.0. The van der Waals surface area contributed by atoms with Crippen LogP contribution in [-0.4, -0.2) is 24.7 Å². The standard InChI is InChI=1S/C15H22ClNS/c1-12(9-16)5-4-8-17-10-13-11-18-15-7-3-2-6-14(13)15/h2-3,6-7,12-13,17H,4-5,8-11H2,1H3. The first-order valence-electron chi connectivity index (χ1n) is 6.79. The summed E-state index contributed by atoms with van der Waals surface area (Å²) in [7, 11) is 0. The molecule has 1 aromatic rings. The van der Waals surface area contributed by atoms with Gasteiger partial charge in [-0.3, -0.25) is 0 Å². The maximum absolute atomic E-state index is 5.80. The molecule has 2 atom stereocenters. The quantitative estimate of drug-likeness (QED) is 0.597. The van der Waals surface area contributed by atoms with Gasteiger partial charge in [0.1, 0.15) is 0 Å². The number of rotatable bonds is 7. The van der Waals surface area contributed by atoms with Gasteiger partial charge < -0.3 is 5.32 Å². The molecular weight excluding hydrogens is 262 g/mol. The lowest BCUT2D eigenvalue weighted by molar-refractivity contribution is 0.522. The second kappa shape index (κ2) is 7.42. The van der Waals surface area contributed by atoms with Gasteiger partial charge in [0.25, 0.3) is 0 Å². The third-order valence-electron chi connectivity index (χ3n) is 3.50. The Hall–Kier alpha value is -0.180. The van der Waals surface area contributed by atoms with Crippen LogP contribution in [0.2, 0.25) is 0 Å². The van der Waals surface area contributed by atoms with Crippen molar-refractivity contribution in [1.29, 1.82) is 0 Å². The van der Waals surface area contributed by atoms with Crippen molar-refractivity contribution in [3.05, 3.63) is 29.8 Å². The first-order chi connectivity index (χ1) is 8.81. The SMILES string of the molecule is CC(CCl)CCCNCC1CSc2ccccc21. The Labute approximate surface area is 120 Å². The molecule has 0 aromatic heterocycles. The molecular formula is C15H22ClNS. The van der Waals surface area contributed by atoms with E-state index in [1.165, 1.54) is 29.1 Å². The predicted octanol–water partition coefficient (Wildman–Crippen LogP) is 4.12. The van der Waals surface area contributed by atoms with Crippen LogP contribution in [0.3, 0.4) is 0 Å². The third-order valence-corrected chi connectivity index (χ3v) is 5.28. The lowest BCUT2D eigenvalue weighted by atomic mass is 10.0. The van der Waals surface area contributed by atoms with E-state index < -0.39 is 0 Å². The lowest BCUT2D eigenvalue weighted by Gasteiger charge is -2.12. The van der Waals surface area contributed by atoms with Crippen molar-refractivity contribution in [3.8, 4) is 0 Å². The molecule has 1 aromatic carbocycles. The van der Waals surface area contributed by atoms with Crippen molar-refractivity contribution in [2.75, 3.05) is 24.7 Å². The molecule has 0 amide bonds. The van der Waals surface area contributed by atoms with E-state index in [-0.39, 0.29) is 0 Å². The molecule has 1 aliphatic heterocycles. The van der Waals surface area contributed by atoms with Gasteiger partial charge in [-0.15, -0.1) is 23.4 Å². The molecule has 1 aliphatic rings. The van der Waals surface area contributed by atoms with Gasteiger partial charge in [-0.2, -0.15) is 0 Å². The highest BCUT2D eigenvalue weighted by molar-refractivity contribution is 7.99. The first-order valence-corrected chi connectivity index (χ1v) is 8.31. The van der Waals surface area contributed by atoms with Crippen LogP contribution >= 0.6 is 23.4 Å². The van der Waals surface area contributed by atoms with Crippen LogP contribution in [0.5, 0.6) is 0 Å². The van der Waals surface area contributed by atoms with Crippen molar-refractivity contribution in [1.82, 2.24) is 5.32 Å². The van der Waals surface area contributed by atoms with Crippen LogP contribution < -0.4 is 5.32 Å². The van der Waals surface area contributed by atoms with E-state index in [2.05, 4.69) is 36.5 Å². The van der Waals surface area contributed by atoms with E-state index in [0.717, 1.165) is 19.0 Å². The van der Waals surface area contributed by atoms with Gasteiger partial charge in [0.05, 0.1) is 0 Å². The molecule has 2 rings (SSSR count). The van der Waals surface area contributed by atoms with Gasteiger partial charge >= 0.3 is 0 Å². The van der Waals surface area contributed by atoms with Gasteiger partial charge in [0, 0.05) is 29.0 Å². The summed E-state index contributed by atoms with van der Waals surface area (Å²) in [6.07, 6.45) is 2.46. The topological polar surface area (TPSA) is 12.0 Å². The zero-order valence-corrected chi connectivity index (χ0v) is 12.6. The van der Waals surface area contributed by atoms with Crippen molar-refractivity contribution in [2.45, 2.75) is 30.6 Å². The summed E-state index contributed by atoms with van der Waals surface area (Å²) in [5, 5.41) is 3.59. The summed E-state index contributed by atoms with van der Waals surface area (Å²) >= 11 is 7.79. The van der Waals surface area contributed by atoms with Crippen molar-refractivity contribution >= 4 is 23.4 Å². The minimum atomic E-state index is 0.649. The lowest BCUT2D eigenvalue weighted by Crippen LogP contribution is -2.23. The smallest absolute Gasteiger partial charge is 0.0249 e. The van der Waals surface area contributed by atoms with Crippen LogP contribution in [-0.2, 0) is 0 Å². The number of nitrogens with one attached hydrogen (secondary N) is 1. The molecule has 0 saturated carbocycles. The molecule has 0 spiro atoms. The highest BCUT2D eigenvalue weighted by atomic mass is 35.5. The van der Waals surface area contributed by atoms with Crippen molar-refractivity contribution in [3.63, 3.8) is 0 Å². The number of hydrogen-bond acceptors (Lipinski definition) is 2. The van der Waals surface area contributed by atoms with Crippen molar-refractivity contribution < 1.29 is 0 Å². The van der Waals surface area contributed by atoms with Crippen LogP contribution in [0.25, 0.3) is 0 Å². The van der Waals surface area contributed by atoms with Gasteiger partial charge in [-0.05, 0) is 36.9 Å². The summed E-state index contributed by atoms with van der Waals surface area (Å²) in [5.74, 6) is 3.35. The van der Waals surface area contributed by atoms with E-state index >= 15 is 0 Å². The summed E-state index contributed by atoms with van der Waals surface area (Å²) < 4.78 is 0. The molecule has 3 heteroatoms. The Morgan fingerprint density at radius 1 is 1.44 bits per heavy atom. The molecule has 0 radical (unpaired) electrons. The highest BCUT2D eigenvalue weighted by Gasteiger charge is 2.21. The van der Waals surface area contributed by atoms with E-state index in [0.29, 0.717) is 11.8 Å². The maximum Gasteiger partial charge on any atom is 0.0249 e. The Balaban J connectivity index is 1.67. The third kappa shape index (κ3) is 3.91. The molecule has 1 nitrogen and oxygen atoms in total. The number of thioether (sulfide) groups is 1. The molecule has 0 aliphatic carbocycles. The van der Waals surface area contributed by atoms with Gasteiger partial charge in [0.15, 0.2) is 0 Å². The molecule has 0 fully saturated rings. The van der Waals surface area contributed by atoms with E-state index in [9.17, 15) is 0 Å². The Morgan fingerprint density at radius 2 is 2.28 bits per heavy atom. The zero-order chi connectivity index (χ0) is 12.8. The van der Waals surface area contributed by atoms with Gasteiger partial charge in [-0.25, -0.2) is 0 Å². The fraction of sp³-hybridized carbons (Fsp3) is 0.600. The molecule has 0 saturated heterocycles. The number of benzene rings is 1. The largest absolute Gasteiger partial charge is 0.316 e. The first kappa shape index (κ1) is 14.2. The molecule has 2 unspecified atom stereocenters. The monoisotopic (exact) mass is 283 g/mol. The molecule has 100 valence electrons. The van der Waals surface area contributed by atoms with E-state index in [1.807, 2.05) is 11.8 Å². The average Bonchev–Trinajstić information content (AvgIpc) is 2.81. The fourth-order valence-corrected chi connectivity index (χ4v) is 3.74. The summed E-state index contributed by atoms with van der Waals surface area (Å²) in [5.41, 5.74) is 1.53. The van der Waals surface area contributed by atoms with E-state index in [4.69, 9.17) is 11.6 Å². The van der Waals surface area contributed by atoms with Gasteiger partial charge in [0.2, 0.25) is 0 Å². The van der Waals surface area contributed by atoms with Crippen LogP contribution in [0, 0.1) is 5.92 Å². The molecule has 1 N–H and O–H groups in total. The average molecular weight is 284 g/mol. The minimum absolute atomic E-state index is 0.649. The number of halogens is 1. The highest BCUT2D eigenvalue weighted by Crippen LogP contribution is 2.38. The van der Waals surface area contributed by atoms with Crippen LogP contribution in [0.1, 0.15) is 31.2 Å². The second-order valence-corrected chi connectivity index (χ2v) is 6.52. The Morgan fingerprint density at radius 3 is 3.11 bits per heavy atom. The van der Waals surface area contributed by atoms with Crippen molar-refractivity contribution in [2.24, 2.45) is 5.92 Å². The number of hydrogen-bond donors (Lipinski definition) is 1. The van der Waals surface area contributed by atoms with Crippen LogP contribution in [0.15, 0.2) is 29.2 Å². The van der Waals surface area contributed by atoms with Crippen LogP contribution in [0.4, 0.5) is 0 Å². The molecule has 0 bridgehead atoms.